The van der Waals surface area contributed by atoms with E-state index in [1.807, 2.05) is 0 Å². The summed E-state index contributed by atoms with van der Waals surface area (Å²) in [6.07, 6.45) is 1.44. The second-order valence-electron chi connectivity index (χ2n) is 3.61. The molecule has 0 aliphatic carbocycles. The lowest BCUT2D eigenvalue weighted by atomic mass is 10.2. The minimum Gasteiger partial charge on any atom is -0.258 e. The summed E-state index contributed by atoms with van der Waals surface area (Å²) in [7, 11) is 0. The van der Waals surface area contributed by atoms with Crippen LogP contribution in [0.2, 0.25) is 0 Å². The minimum absolute atomic E-state index is 0.0249. The third-order valence-corrected chi connectivity index (χ3v) is 1.85. The summed E-state index contributed by atoms with van der Waals surface area (Å²) >= 11 is 0. The molecule has 0 amide bonds. The molecule has 0 aliphatic heterocycles. The summed E-state index contributed by atoms with van der Waals surface area (Å²) in [4.78, 5) is 19.8. The van der Waals surface area contributed by atoms with Gasteiger partial charge in [-0.15, -0.1) is 5.11 Å². The zero-order chi connectivity index (χ0) is 13.7. The Kier molecular flexibility index (Phi) is 4.19. The van der Waals surface area contributed by atoms with Crippen LogP contribution in [-0.2, 0) is 0 Å². The Bertz CT molecular complexity index is 547. The normalized spacial score (nSPS) is 10.3. The highest BCUT2D eigenvalue weighted by Gasteiger charge is 2.19. The van der Waals surface area contributed by atoms with E-state index in [9.17, 15) is 20.2 Å². The maximum atomic E-state index is 10.8. The number of non-ortho nitro benzene ring substituents is 1. The highest BCUT2D eigenvalue weighted by Crippen LogP contribution is 2.31. The van der Waals surface area contributed by atoms with Gasteiger partial charge in [0, 0.05) is 12.3 Å². The van der Waals surface area contributed by atoms with E-state index in [0.717, 1.165) is 17.7 Å². The van der Waals surface area contributed by atoms with Crippen molar-refractivity contribution >= 4 is 17.1 Å². The van der Waals surface area contributed by atoms with Crippen LogP contribution in [0.5, 0.6) is 0 Å². The van der Waals surface area contributed by atoms with E-state index < -0.39 is 15.5 Å². The number of allylic oxidation sites excluding steroid dienone is 1. The summed E-state index contributed by atoms with van der Waals surface area (Å²) in [5.41, 5.74) is 0.0457. The highest BCUT2D eigenvalue weighted by molar-refractivity contribution is 5.61. The van der Waals surface area contributed by atoms with Crippen LogP contribution in [0.4, 0.5) is 17.1 Å². The average Bonchev–Trinajstić information content (AvgIpc) is 2.28. The zero-order valence-electron chi connectivity index (χ0n) is 9.73. The van der Waals surface area contributed by atoms with Gasteiger partial charge in [0.25, 0.3) is 5.69 Å². The first-order chi connectivity index (χ1) is 8.41. The molecule has 94 valence electrons. The first-order valence-electron chi connectivity index (χ1n) is 4.89. The van der Waals surface area contributed by atoms with Gasteiger partial charge in [-0.2, -0.15) is 5.11 Å². The Morgan fingerprint density at radius 2 is 1.89 bits per heavy atom. The van der Waals surface area contributed by atoms with Crippen LogP contribution in [-0.4, -0.2) is 9.85 Å². The number of nitrogens with zero attached hydrogens (tertiary/aromatic N) is 4. The van der Waals surface area contributed by atoms with E-state index in [1.165, 1.54) is 12.3 Å². The van der Waals surface area contributed by atoms with E-state index in [-0.39, 0.29) is 11.4 Å². The number of hydrogen-bond donors (Lipinski definition) is 0. The number of azo groups is 1. The molecule has 8 heteroatoms. The third kappa shape index (κ3) is 3.44. The highest BCUT2D eigenvalue weighted by atomic mass is 16.6. The lowest BCUT2D eigenvalue weighted by Crippen LogP contribution is -1.92. The predicted molar refractivity (Wildman–Crippen MR) is 63.7 cm³/mol. The van der Waals surface area contributed by atoms with Crippen LogP contribution in [0, 0.1) is 20.2 Å². The van der Waals surface area contributed by atoms with Gasteiger partial charge in [-0.05, 0) is 19.9 Å². The molecular weight excluding hydrogens is 240 g/mol. The van der Waals surface area contributed by atoms with Gasteiger partial charge in [0.2, 0.25) is 0 Å². The standard InChI is InChI=1S/C10H10N4O4/c1-7(2)6-11-12-9-4-3-8(13(15)16)5-10(9)14(17)18/h3-6H,1-2H3. The van der Waals surface area contributed by atoms with E-state index in [2.05, 4.69) is 10.2 Å². The molecule has 0 unspecified atom stereocenters. The topological polar surface area (TPSA) is 111 Å². The Balaban J connectivity index is 3.20. The fraction of sp³-hybridized carbons (Fsp3) is 0.200. The van der Waals surface area contributed by atoms with Gasteiger partial charge in [0.1, 0.15) is 0 Å². The molecule has 1 aromatic carbocycles. The second kappa shape index (κ2) is 5.62. The summed E-state index contributed by atoms with van der Waals surface area (Å²) in [5.74, 6) is 0. The van der Waals surface area contributed by atoms with Crippen molar-refractivity contribution < 1.29 is 9.85 Å². The van der Waals surface area contributed by atoms with Gasteiger partial charge < -0.3 is 0 Å². The van der Waals surface area contributed by atoms with Crippen molar-refractivity contribution in [3.63, 3.8) is 0 Å². The van der Waals surface area contributed by atoms with Crippen LogP contribution in [0.1, 0.15) is 13.8 Å². The van der Waals surface area contributed by atoms with Crippen LogP contribution in [0.15, 0.2) is 40.2 Å². The van der Waals surface area contributed by atoms with E-state index in [1.54, 1.807) is 13.8 Å². The number of nitro benzene ring substituents is 2. The Labute approximate surface area is 102 Å². The molecule has 0 radical (unpaired) electrons. The summed E-state index contributed by atoms with van der Waals surface area (Å²) in [6.45, 7) is 3.59. The molecule has 18 heavy (non-hydrogen) atoms. The number of benzene rings is 1. The third-order valence-electron chi connectivity index (χ3n) is 1.85. The van der Waals surface area contributed by atoms with Gasteiger partial charge in [0.15, 0.2) is 5.69 Å². The molecule has 8 nitrogen and oxygen atoms in total. The Morgan fingerprint density at radius 3 is 2.39 bits per heavy atom. The molecule has 0 aliphatic rings. The Morgan fingerprint density at radius 1 is 1.22 bits per heavy atom. The molecular formula is C10H10N4O4. The van der Waals surface area contributed by atoms with Crippen LogP contribution in [0.25, 0.3) is 0 Å². The molecule has 0 saturated heterocycles. The molecule has 1 aromatic rings. The predicted octanol–water partition coefficient (Wildman–Crippen LogP) is 3.51. The van der Waals surface area contributed by atoms with Gasteiger partial charge in [-0.25, -0.2) is 0 Å². The van der Waals surface area contributed by atoms with Crippen molar-refractivity contribution in [3.05, 3.63) is 50.2 Å². The molecule has 0 heterocycles. The maximum Gasteiger partial charge on any atom is 0.303 e. The van der Waals surface area contributed by atoms with Crippen molar-refractivity contribution in [2.45, 2.75) is 13.8 Å². The van der Waals surface area contributed by atoms with Crippen molar-refractivity contribution in [3.8, 4) is 0 Å². The molecule has 0 spiro atoms. The largest absolute Gasteiger partial charge is 0.303 e. The van der Waals surface area contributed by atoms with Gasteiger partial charge in [0.05, 0.1) is 15.9 Å². The average molecular weight is 250 g/mol. The van der Waals surface area contributed by atoms with Crippen molar-refractivity contribution in [2.75, 3.05) is 0 Å². The first kappa shape index (κ1) is 13.4. The SMILES string of the molecule is CC(C)=CN=Nc1ccc([N+](=O)[O-])cc1[N+](=O)[O-]. The Hall–Kier alpha value is -2.64. The molecule has 0 aromatic heterocycles. The number of nitro groups is 2. The van der Waals surface area contributed by atoms with Crippen molar-refractivity contribution in [2.24, 2.45) is 10.2 Å². The number of hydrogen-bond acceptors (Lipinski definition) is 6. The van der Waals surface area contributed by atoms with E-state index >= 15 is 0 Å². The summed E-state index contributed by atoms with van der Waals surface area (Å²) in [5, 5.41) is 28.6. The lowest BCUT2D eigenvalue weighted by Gasteiger charge is -1.96. The zero-order valence-corrected chi connectivity index (χ0v) is 9.73. The van der Waals surface area contributed by atoms with Crippen LogP contribution in [0.3, 0.4) is 0 Å². The summed E-state index contributed by atoms with van der Waals surface area (Å²) < 4.78 is 0. The maximum absolute atomic E-state index is 10.8. The molecule has 0 saturated carbocycles. The van der Waals surface area contributed by atoms with E-state index in [0.29, 0.717) is 0 Å². The molecule has 0 bridgehead atoms. The molecule has 0 atom stereocenters. The fourth-order valence-corrected chi connectivity index (χ4v) is 1.06. The van der Waals surface area contributed by atoms with Crippen LogP contribution >= 0.6 is 0 Å². The molecule has 0 N–H and O–H groups in total. The van der Waals surface area contributed by atoms with Crippen LogP contribution < -0.4 is 0 Å². The second-order valence-corrected chi connectivity index (χ2v) is 3.61. The van der Waals surface area contributed by atoms with Gasteiger partial charge in [-0.1, -0.05) is 5.57 Å². The van der Waals surface area contributed by atoms with E-state index in [4.69, 9.17) is 0 Å². The lowest BCUT2D eigenvalue weighted by molar-refractivity contribution is -0.393. The first-order valence-corrected chi connectivity index (χ1v) is 4.89. The monoisotopic (exact) mass is 250 g/mol. The molecule has 0 fully saturated rings. The van der Waals surface area contributed by atoms with Crippen molar-refractivity contribution in [1.82, 2.24) is 0 Å². The summed E-state index contributed by atoms with van der Waals surface area (Å²) in [6, 6.07) is 3.19. The fourth-order valence-electron chi connectivity index (χ4n) is 1.06. The minimum atomic E-state index is -0.732. The quantitative estimate of drug-likeness (QED) is 0.462. The van der Waals surface area contributed by atoms with Gasteiger partial charge in [-0.3, -0.25) is 20.2 Å². The van der Waals surface area contributed by atoms with Crippen molar-refractivity contribution in [1.29, 1.82) is 0 Å². The number of rotatable bonds is 4. The molecule has 1 rings (SSSR count). The van der Waals surface area contributed by atoms with Gasteiger partial charge >= 0.3 is 5.69 Å². The smallest absolute Gasteiger partial charge is 0.258 e.